The molecular weight excluding hydrogens is 328 g/mol. The normalized spacial score (nSPS) is 15.1. The molecule has 0 radical (unpaired) electrons. The molecule has 3 atom stereocenters. The minimum Gasteiger partial charge on any atom is -0.394 e. The number of hydrogen-bond donors (Lipinski definition) is 3. The summed E-state index contributed by atoms with van der Waals surface area (Å²) in [7, 11) is 0. The van der Waals surface area contributed by atoms with Crippen molar-refractivity contribution in [3.63, 3.8) is 0 Å². The Morgan fingerprint density at radius 2 is 1.15 bits per heavy atom. The van der Waals surface area contributed by atoms with E-state index in [2.05, 4.69) is 13.8 Å². The number of unbranched alkanes of at least 4 members (excludes halogenated alkanes) is 11. The zero-order valence-electron chi connectivity index (χ0n) is 17.5. The van der Waals surface area contributed by atoms with Gasteiger partial charge in [0.05, 0.1) is 18.8 Å². The van der Waals surface area contributed by atoms with Gasteiger partial charge in [0, 0.05) is 13.0 Å². The van der Waals surface area contributed by atoms with Crippen molar-refractivity contribution in [1.82, 2.24) is 0 Å². The van der Waals surface area contributed by atoms with Gasteiger partial charge in [0.15, 0.2) is 0 Å². The first kappa shape index (κ1) is 25.8. The number of hydrogen-bond acceptors (Lipinski definition) is 4. The molecule has 0 aliphatic heterocycles. The van der Waals surface area contributed by atoms with Crippen LogP contribution >= 0.6 is 0 Å². The van der Waals surface area contributed by atoms with Crippen molar-refractivity contribution >= 4 is 0 Å². The Kier molecular flexibility index (Phi) is 19.5. The van der Waals surface area contributed by atoms with Crippen molar-refractivity contribution in [3.8, 4) is 0 Å². The molecule has 26 heavy (non-hydrogen) atoms. The molecule has 4 nitrogen and oxygen atoms in total. The van der Waals surface area contributed by atoms with Crippen molar-refractivity contribution in [2.75, 3.05) is 13.2 Å². The van der Waals surface area contributed by atoms with Gasteiger partial charge in [-0.05, 0) is 12.8 Å². The van der Waals surface area contributed by atoms with Crippen LogP contribution in [0.3, 0.4) is 0 Å². The van der Waals surface area contributed by atoms with Crippen LogP contribution in [-0.2, 0) is 4.74 Å². The van der Waals surface area contributed by atoms with Gasteiger partial charge in [-0.1, -0.05) is 90.9 Å². The third-order valence-corrected chi connectivity index (χ3v) is 5.07. The third-order valence-electron chi connectivity index (χ3n) is 5.07. The minimum atomic E-state index is -1.07. The highest BCUT2D eigenvalue weighted by Crippen LogP contribution is 2.17. The van der Waals surface area contributed by atoms with Crippen LogP contribution in [0.2, 0.25) is 0 Å². The average molecular weight is 375 g/mol. The highest BCUT2D eigenvalue weighted by atomic mass is 16.5. The van der Waals surface area contributed by atoms with Gasteiger partial charge < -0.3 is 20.1 Å². The van der Waals surface area contributed by atoms with E-state index < -0.39 is 18.8 Å². The predicted octanol–water partition coefficient (Wildman–Crippen LogP) is 4.98. The van der Waals surface area contributed by atoms with Crippen molar-refractivity contribution in [2.24, 2.45) is 0 Å². The average Bonchev–Trinajstić information content (AvgIpc) is 2.65. The molecule has 0 aromatic heterocycles. The standard InChI is InChI=1S/C22H46O4/c1-3-5-6-7-8-9-10-11-12-13-14-15-16-20(26-17-4-2)18-21(24)22(25)19-23/h20-25H,3-19H2,1-2H3. The third kappa shape index (κ3) is 16.0. The number of aliphatic hydroxyl groups excluding tert-OH is 3. The zero-order valence-corrected chi connectivity index (χ0v) is 17.5. The lowest BCUT2D eigenvalue weighted by Crippen LogP contribution is -2.33. The lowest BCUT2D eigenvalue weighted by atomic mass is 10.0. The highest BCUT2D eigenvalue weighted by Gasteiger charge is 2.20. The van der Waals surface area contributed by atoms with E-state index >= 15 is 0 Å². The van der Waals surface area contributed by atoms with Gasteiger partial charge >= 0.3 is 0 Å². The Hall–Kier alpha value is -0.160. The quantitative estimate of drug-likeness (QED) is 0.263. The molecule has 0 aliphatic carbocycles. The van der Waals surface area contributed by atoms with Crippen LogP contribution in [0, 0.1) is 0 Å². The molecule has 4 heteroatoms. The highest BCUT2D eigenvalue weighted by molar-refractivity contribution is 4.72. The van der Waals surface area contributed by atoms with Gasteiger partial charge in [-0.3, -0.25) is 0 Å². The molecule has 0 aliphatic rings. The van der Waals surface area contributed by atoms with Crippen LogP contribution < -0.4 is 0 Å². The molecule has 0 aromatic carbocycles. The monoisotopic (exact) mass is 374 g/mol. The summed E-state index contributed by atoms with van der Waals surface area (Å²) < 4.78 is 5.80. The second kappa shape index (κ2) is 19.6. The Morgan fingerprint density at radius 1 is 0.654 bits per heavy atom. The van der Waals surface area contributed by atoms with E-state index in [9.17, 15) is 10.2 Å². The maximum Gasteiger partial charge on any atom is 0.103 e. The van der Waals surface area contributed by atoms with E-state index in [0.29, 0.717) is 13.0 Å². The number of aliphatic hydroxyl groups is 3. The summed E-state index contributed by atoms with van der Waals surface area (Å²) in [6.07, 6.45) is 16.2. The maximum absolute atomic E-state index is 9.89. The molecule has 0 spiro atoms. The molecular formula is C22H46O4. The van der Waals surface area contributed by atoms with Gasteiger partial charge in [0.1, 0.15) is 6.10 Å². The van der Waals surface area contributed by atoms with Crippen LogP contribution in [0.25, 0.3) is 0 Å². The molecule has 0 saturated carbocycles. The fourth-order valence-electron chi connectivity index (χ4n) is 3.31. The van der Waals surface area contributed by atoms with Gasteiger partial charge in [-0.25, -0.2) is 0 Å². The van der Waals surface area contributed by atoms with Crippen LogP contribution in [0.5, 0.6) is 0 Å². The van der Waals surface area contributed by atoms with Crippen LogP contribution in [-0.4, -0.2) is 46.8 Å². The predicted molar refractivity (Wildman–Crippen MR) is 109 cm³/mol. The summed E-state index contributed by atoms with van der Waals surface area (Å²) in [5.41, 5.74) is 0. The van der Waals surface area contributed by atoms with Gasteiger partial charge in [-0.2, -0.15) is 0 Å². The molecule has 0 fully saturated rings. The van der Waals surface area contributed by atoms with Crippen LogP contribution in [0.4, 0.5) is 0 Å². The Balaban J connectivity index is 3.62. The SMILES string of the molecule is CCCCCCCCCCCCCCC(CC(O)C(O)CO)OCCC. The van der Waals surface area contributed by atoms with Crippen molar-refractivity contribution in [2.45, 2.75) is 128 Å². The van der Waals surface area contributed by atoms with Gasteiger partial charge in [0.25, 0.3) is 0 Å². The minimum absolute atomic E-state index is 0.0192. The molecule has 158 valence electrons. The molecule has 3 unspecified atom stereocenters. The Labute approximate surface area is 162 Å². The maximum atomic E-state index is 9.89. The molecule has 0 saturated heterocycles. The van der Waals surface area contributed by atoms with Crippen molar-refractivity contribution < 1.29 is 20.1 Å². The molecule has 0 amide bonds. The second-order valence-corrected chi connectivity index (χ2v) is 7.72. The smallest absolute Gasteiger partial charge is 0.103 e. The lowest BCUT2D eigenvalue weighted by molar-refractivity contribution is -0.0533. The Bertz CT molecular complexity index is 273. The first-order valence-corrected chi connectivity index (χ1v) is 11.2. The fraction of sp³-hybridized carbons (Fsp3) is 1.00. The summed E-state index contributed by atoms with van der Waals surface area (Å²) in [6, 6.07) is 0. The van der Waals surface area contributed by atoms with E-state index in [1.807, 2.05) is 0 Å². The topological polar surface area (TPSA) is 69.9 Å². The van der Waals surface area contributed by atoms with E-state index in [4.69, 9.17) is 9.84 Å². The summed E-state index contributed by atoms with van der Waals surface area (Å²) in [4.78, 5) is 0. The number of ether oxygens (including phenoxy) is 1. The molecule has 0 bridgehead atoms. The molecule has 3 N–H and O–H groups in total. The number of rotatable bonds is 20. The van der Waals surface area contributed by atoms with Crippen molar-refractivity contribution in [1.29, 1.82) is 0 Å². The Morgan fingerprint density at radius 3 is 1.62 bits per heavy atom. The summed E-state index contributed by atoms with van der Waals surface area (Å²) in [5.74, 6) is 0. The van der Waals surface area contributed by atoms with E-state index in [1.54, 1.807) is 0 Å². The summed E-state index contributed by atoms with van der Waals surface area (Å²) >= 11 is 0. The van der Waals surface area contributed by atoms with Crippen LogP contribution in [0.15, 0.2) is 0 Å². The second-order valence-electron chi connectivity index (χ2n) is 7.72. The fourth-order valence-corrected chi connectivity index (χ4v) is 3.31. The first-order chi connectivity index (χ1) is 12.7. The van der Waals surface area contributed by atoms with E-state index in [0.717, 1.165) is 19.3 Å². The van der Waals surface area contributed by atoms with Gasteiger partial charge in [-0.15, -0.1) is 0 Å². The first-order valence-electron chi connectivity index (χ1n) is 11.2. The molecule has 0 aromatic rings. The lowest BCUT2D eigenvalue weighted by Gasteiger charge is -2.23. The summed E-state index contributed by atoms with van der Waals surface area (Å²) in [5, 5.41) is 28.3. The molecule has 0 heterocycles. The largest absolute Gasteiger partial charge is 0.394 e. The van der Waals surface area contributed by atoms with E-state index in [1.165, 1.54) is 70.6 Å². The van der Waals surface area contributed by atoms with Crippen LogP contribution in [0.1, 0.15) is 110 Å². The molecule has 0 rings (SSSR count). The van der Waals surface area contributed by atoms with Gasteiger partial charge in [0.2, 0.25) is 0 Å². The zero-order chi connectivity index (χ0) is 19.5. The summed E-state index contributed by atoms with van der Waals surface area (Å²) in [6.45, 7) is 4.61. The van der Waals surface area contributed by atoms with E-state index in [-0.39, 0.29) is 6.10 Å². The van der Waals surface area contributed by atoms with Crippen molar-refractivity contribution in [3.05, 3.63) is 0 Å².